The van der Waals surface area contributed by atoms with Crippen molar-refractivity contribution in [1.29, 1.82) is 0 Å². The first kappa shape index (κ1) is 19.6. The van der Waals surface area contributed by atoms with Gasteiger partial charge >= 0.3 is 0 Å². The highest BCUT2D eigenvalue weighted by molar-refractivity contribution is 6.30. The van der Waals surface area contributed by atoms with Crippen LogP contribution in [0.2, 0.25) is 5.02 Å². The largest absolute Gasteiger partial charge is 0.369 e. The molecule has 3 aliphatic carbocycles. The van der Waals surface area contributed by atoms with Gasteiger partial charge in [0.15, 0.2) is 0 Å². The van der Waals surface area contributed by atoms with Crippen molar-refractivity contribution in [3.8, 4) is 0 Å². The van der Waals surface area contributed by atoms with E-state index in [2.05, 4.69) is 33.0 Å². The van der Waals surface area contributed by atoms with E-state index in [1.54, 1.807) is 0 Å². The van der Waals surface area contributed by atoms with Gasteiger partial charge in [-0.3, -0.25) is 9.69 Å². The molecule has 4 aliphatic rings. The molecule has 2 aromatic rings. The van der Waals surface area contributed by atoms with E-state index in [0.29, 0.717) is 11.5 Å². The number of nitrogens with one attached hydrogen (secondary N) is 1. The molecule has 6 rings (SSSR count). The molecule has 0 unspecified atom stereocenters. The molecule has 162 valence electrons. The van der Waals surface area contributed by atoms with Crippen LogP contribution < -0.4 is 10.5 Å². The lowest BCUT2D eigenvalue weighted by Gasteiger charge is -2.38. The number of aromatic nitrogens is 2. The van der Waals surface area contributed by atoms with Crippen LogP contribution in [0.15, 0.2) is 35.1 Å². The summed E-state index contributed by atoms with van der Waals surface area (Å²) in [4.78, 5) is 25.8. The van der Waals surface area contributed by atoms with Gasteiger partial charge in [0.1, 0.15) is 5.82 Å². The molecule has 2 heterocycles. The number of H-pyrrole nitrogens is 1. The number of anilines is 1. The molecule has 6 heteroatoms. The van der Waals surface area contributed by atoms with E-state index in [0.717, 1.165) is 74.0 Å². The van der Waals surface area contributed by atoms with Crippen molar-refractivity contribution in [3.05, 3.63) is 62.8 Å². The van der Waals surface area contributed by atoms with Gasteiger partial charge in [0.05, 0.1) is 5.69 Å². The summed E-state index contributed by atoms with van der Waals surface area (Å²) < 4.78 is 0. The summed E-state index contributed by atoms with van der Waals surface area (Å²) in [6.45, 7) is 4.15. The lowest BCUT2D eigenvalue weighted by atomic mass is 9.84. The molecule has 1 aromatic heterocycles. The molecule has 1 spiro atoms. The van der Waals surface area contributed by atoms with Crippen molar-refractivity contribution in [3.63, 3.8) is 0 Å². The van der Waals surface area contributed by atoms with Gasteiger partial charge in [-0.1, -0.05) is 17.7 Å². The van der Waals surface area contributed by atoms with Gasteiger partial charge < -0.3 is 9.88 Å². The van der Waals surface area contributed by atoms with Crippen molar-refractivity contribution in [2.45, 2.75) is 51.0 Å². The zero-order valence-electron chi connectivity index (χ0n) is 17.9. The van der Waals surface area contributed by atoms with Gasteiger partial charge in [0, 0.05) is 48.5 Å². The van der Waals surface area contributed by atoms with E-state index < -0.39 is 0 Å². The number of hydrogen-bond acceptors (Lipinski definition) is 4. The second-order valence-electron chi connectivity index (χ2n) is 9.81. The number of aryl methyl sites for hydroxylation is 1. The van der Waals surface area contributed by atoms with E-state index in [-0.39, 0.29) is 5.56 Å². The molecular weight excluding hydrogens is 408 g/mol. The molecule has 0 amide bonds. The van der Waals surface area contributed by atoms with Crippen LogP contribution in [0.4, 0.5) is 5.69 Å². The van der Waals surface area contributed by atoms with Gasteiger partial charge in [-0.15, -0.1) is 0 Å². The smallest absolute Gasteiger partial charge is 0.254 e. The quantitative estimate of drug-likeness (QED) is 0.788. The van der Waals surface area contributed by atoms with Gasteiger partial charge in [0.25, 0.3) is 5.56 Å². The third-order valence-corrected chi connectivity index (χ3v) is 8.14. The Bertz CT molecular complexity index is 1080. The fourth-order valence-corrected chi connectivity index (χ4v) is 5.81. The van der Waals surface area contributed by atoms with Crippen LogP contribution in [0.3, 0.4) is 0 Å². The first-order valence-electron chi connectivity index (χ1n) is 11.7. The number of rotatable bonds is 3. The van der Waals surface area contributed by atoms with Crippen molar-refractivity contribution < 1.29 is 0 Å². The SMILES string of the molecule is O=c1[nH]c(C2=C[C@@H](N3CCN(c4ccc(Cl)cc4)CC3)CC2)nc2c1CC1(CC2)CC1. The van der Waals surface area contributed by atoms with Crippen molar-refractivity contribution >= 4 is 22.9 Å². The van der Waals surface area contributed by atoms with Gasteiger partial charge in [0.2, 0.25) is 0 Å². The fourth-order valence-electron chi connectivity index (χ4n) is 5.69. The highest BCUT2D eigenvalue weighted by Gasteiger charge is 2.45. The van der Waals surface area contributed by atoms with Crippen LogP contribution in [0, 0.1) is 5.41 Å². The zero-order valence-corrected chi connectivity index (χ0v) is 18.6. The Hall–Kier alpha value is -2.11. The van der Waals surface area contributed by atoms with Crippen LogP contribution in [0.25, 0.3) is 5.57 Å². The fraction of sp³-hybridized carbons (Fsp3) is 0.520. The van der Waals surface area contributed by atoms with Crippen LogP contribution >= 0.6 is 11.6 Å². The first-order chi connectivity index (χ1) is 15.1. The van der Waals surface area contributed by atoms with Gasteiger partial charge in [-0.2, -0.15) is 0 Å². The van der Waals surface area contributed by atoms with Crippen molar-refractivity contribution in [2.75, 3.05) is 31.1 Å². The average molecular weight is 437 g/mol. The second kappa shape index (κ2) is 7.49. The molecule has 1 atom stereocenters. The minimum atomic E-state index is 0.104. The molecule has 1 saturated heterocycles. The van der Waals surface area contributed by atoms with Gasteiger partial charge in [-0.25, -0.2) is 4.98 Å². The predicted octanol–water partition coefficient (Wildman–Crippen LogP) is 4.06. The standard InChI is InChI=1S/C25H29ClN4O/c26-18-2-5-19(6-3-18)29-11-13-30(14-12-29)20-4-1-17(15-20)23-27-22-7-8-25(9-10-25)16-21(22)24(31)28-23/h2-3,5-6,15,20H,1,4,7-14,16H2,(H,27,28,31)/t20-/m0/s1. The van der Waals surface area contributed by atoms with E-state index >= 15 is 0 Å². The predicted molar refractivity (Wildman–Crippen MR) is 125 cm³/mol. The Labute approximate surface area is 188 Å². The Morgan fingerprint density at radius 3 is 2.55 bits per heavy atom. The highest BCUT2D eigenvalue weighted by atomic mass is 35.5. The second-order valence-corrected chi connectivity index (χ2v) is 10.3. The Morgan fingerprint density at radius 2 is 1.81 bits per heavy atom. The first-order valence-corrected chi connectivity index (χ1v) is 12.0. The summed E-state index contributed by atoms with van der Waals surface area (Å²) in [5.41, 5.74) is 5.02. The summed E-state index contributed by atoms with van der Waals surface area (Å²) in [5, 5.41) is 0.784. The van der Waals surface area contributed by atoms with Crippen LogP contribution in [0.1, 0.15) is 49.2 Å². The maximum absolute atomic E-state index is 12.8. The minimum Gasteiger partial charge on any atom is -0.369 e. The van der Waals surface area contributed by atoms with Crippen LogP contribution in [-0.4, -0.2) is 47.1 Å². The van der Waals surface area contributed by atoms with Crippen molar-refractivity contribution in [1.82, 2.24) is 14.9 Å². The third kappa shape index (κ3) is 3.72. The molecule has 0 radical (unpaired) electrons. The number of fused-ring (bicyclic) bond motifs is 1. The molecule has 0 bridgehead atoms. The van der Waals surface area contributed by atoms with Gasteiger partial charge in [-0.05, 0) is 80.2 Å². The van der Waals surface area contributed by atoms with Crippen LogP contribution in [-0.2, 0) is 12.8 Å². The number of halogens is 1. The normalized spacial score (nSPS) is 24.9. The Kier molecular flexibility index (Phi) is 4.73. The Morgan fingerprint density at radius 1 is 1.03 bits per heavy atom. The van der Waals surface area contributed by atoms with E-state index in [4.69, 9.17) is 16.6 Å². The molecule has 2 fully saturated rings. The lowest BCUT2D eigenvalue weighted by Crippen LogP contribution is -2.49. The summed E-state index contributed by atoms with van der Waals surface area (Å²) in [7, 11) is 0. The van der Waals surface area contributed by atoms with E-state index in [1.165, 1.54) is 30.5 Å². The molecule has 1 N–H and O–H groups in total. The maximum atomic E-state index is 12.8. The lowest BCUT2D eigenvalue weighted by molar-refractivity contribution is 0.214. The summed E-state index contributed by atoms with van der Waals surface area (Å²) >= 11 is 6.03. The van der Waals surface area contributed by atoms with Crippen molar-refractivity contribution in [2.24, 2.45) is 5.41 Å². The molecule has 5 nitrogen and oxygen atoms in total. The minimum absolute atomic E-state index is 0.104. The number of allylic oxidation sites excluding steroid dienone is 1. The maximum Gasteiger partial charge on any atom is 0.254 e. The number of aromatic amines is 1. The van der Waals surface area contributed by atoms with E-state index in [9.17, 15) is 4.79 Å². The zero-order chi connectivity index (χ0) is 21.0. The van der Waals surface area contributed by atoms with E-state index in [1.807, 2.05) is 12.1 Å². The molecule has 1 saturated carbocycles. The number of piperazine rings is 1. The number of hydrogen-bond donors (Lipinski definition) is 1. The van der Waals surface area contributed by atoms with Crippen LogP contribution in [0.5, 0.6) is 0 Å². The number of benzene rings is 1. The summed E-state index contributed by atoms with van der Waals surface area (Å²) in [5.74, 6) is 0.817. The Balaban J connectivity index is 1.14. The monoisotopic (exact) mass is 436 g/mol. The molecular formula is C25H29ClN4O. The summed E-state index contributed by atoms with van der Waals surface area (Å²) in [6, 6.07) is 8.58. The summed E-state index contributed by atoms with van der Waals surface area (Å²) in [6.07, 6.45) is 10.1. The topological polar surface area (TPSA) is 52.2 Å². The molecule has 1 aliphatic heterocycles. The highest BCUT2D eigenvalue weighted by Crippen LogP contribution is 2.53. The molecule has 31 heavy (non-hydrogen) atoms. The molecule has 1 aromatic carbocycles. The number of nitrogens with zero attached hydrogens (tertiary/aromatic N) is 3. The average Bonchev–Trinajstić information content (AvgIpc) is 3.35. The third-order valence-electron chi connectivity index (χ3n) is 7.88.